The van der Waals surface area contributed by atoms with Crippen molar-refractivity contribution in [1.82, 2.24) is 5.32 Å². The van der Waals surface area contributed by atoms with Crippen LogP contribution in [-0.4, -0.2) is 30.9 Å². The van der Waals surface area contributed by atoms with Gasteiger partial charge in [-0.2, -0.15) is 0 Å². The average Bonchev–Trinajstić information content (AvgIpc) is 3.05. The normalized spacial score (nSPS) is 23.2. The van der Waals surface area contributed by atoms with E-state index in [1.54, 1.807) is 6.07 Å². The Kier molecular flexibility index (Phi) is 3.50. The first kappa shape index (κ1) is 12.1. The summed E-state index contributed by atoms with van der Waals surface area (Å²) >= 11 is 0. The Morgan fingerprint density at radius 3 is 2.94 bits per heavy atom. The molecule has 2 N–H and O–H groups in total. The first-order valence-corrected chi connectivity index (χ1v) is 5.93. The SMILES string of the molecule is CNCCc1ccc(O)c(C=CC2(C)CO2)c1. The summed E-state index contributed by atoms with van der Waals surface area (Å²) in [6, 6.07) is 5.73. The maximum Gasteiger partial charge on any atom is 0.122 e. The molecule has 1 aliphatic rings. The number of phenols is 1. The highest BCUT2D eigenvalue weighted by Gasteiger charge is 2.35. The molecule has 1 unspecified atom stereocenters. The Morgan fingerprint density at radius 1 is 1.53 bits per heavy atom. The number of epoxide rings is 1. The lowest BCUT2D eigenvalue weighted by atomic mass is 10.0. The van der Waals surface area contributed by atoms with E-state index in [4.69, 9.17) is 4.74 Å². The number of hydrogen-bond donors (Lipinski definition) is 2. The van der Waals surface area contributed by atoms with Crippen molar-refractivity contribution >= 4 is 6.08 Å². The molecule has 3 heteroatoms. The fraction of sp³-hybridized carbons (Fsp3) is 0.429. The average molecular weight is 233 g/mol. The Labute approximate surface area is 102 Å². The number of ether oxygens (including phenoxy) is 1. The van der Waals surface area contributed by atoms with Gasteiger partial charge in [0.15, 0.2) is 0 Å². The van der Waals surface area contributed by atoms with E-state index < -0.39 is 0 Å². The van der Waals surface area contributed by atoms with Crippen LogP contribution >= 0.6 is 0 Å². The lowest BCUT2D eigenvalue weighted by Crippen LogP contribution is -2.10. The molecule has 0 amide bonds. The van der Waals surface area contributed by atoms with Gasteiger partial charge < -0.3 is 15.2 Å². The van der Waals surface area contributed by atoms with Crippen molar-refractivity contribution in [2.24, 2.45) is 0 Å². The molecule has 1 aromatic rings. The van der Waals surface area contributed by atoms with Gasteiger partial charge >= 0.3 is 0 Å². The Bertz CT molecular complexity index is 422. The number of benzene rings is 1. The highest BCUT2D eigenvalue weighted by atomic mass is 16.6. The van der Waals surface area contributed by atoms with E-state index in [2.05, 4.69) is 5.32 Å². The van der Waals surface area contributed by atoms with E-state index in [1.165, 1.54) is 5.56 Å². The van der Waals surface area contributed by atoms with Gasteiger partial charge in [-0.05, 0) is 44.6 Å². The summed E-state index contributed by atoms with van der Waals surface area (Å²) in [5.74, 6) is 0.318. The van der Waals surface area contributed by atoms with Crippen LogP contribution in [0.2, 0.25) is 0 Å². The minimum Gasteiger partial charge on any atom is -0.507 e. The molecule has 1 aliphatic heterocycles. The summed E-state index contributed by atoms with van der Waals surface area (Å²) in [6.45, 7) is 3.74. The van der Waals surface area contributed by atoms with Gasteiger partial charge in [0.1, 0.15) is 11.4 Å². The van der Waals surface area contributed by atoms with Gasteiger partial charge in [0.25, 0.3) is 0 Å². The third-order valence-corrected chi connectivity index (χ3v) is 2.97. The minimum absolute atomic E-state index is 0.118. The quantitative estimate of drug-likeness (QED) is 0.764. The van der Waals surface area contributed by atoms with Crippen molar-refractivity contribution in [2.75, 3.05) is 20.2 Å². The van der Waals surface area contributed by atoms with Crippen molar-refractivity contribution in [3.05, 3.63) is 35.4 Å². The van der Waals surface area contributed by atoms with E-state index in [0.717, 1.165) is 25.1 Å². The van der Waals surface area contributed by atoms with Crippen LogP contribution in [0.3, 0.4) is 0 Å². The lowest BCUT2D eigenvalue weighted by molar-refractivity contribution is 0.370. The molecule has 0 aliphatic carbocycles. The molecule has 0 saturated carbocycles. The summed E-state index contributed by atoms with van der Waals surface area (Å²) in [5.41, 5.74) is 1.96. The van der Waals surface area contributed by atoms with Crippen LogP contribution in [0.15, 0.2) is 24.3 Å². The van der Waals surface area contributed by atoms with Crippen LogP contribution in [-0.2, 0) is 11.2 Å². The number of aromatic hydroxyl groups is 1. The van der Waals surface area contributed by atoms with Crippen LogP contribution in [0.4, 0.5) is 0 Å². The fourth-order valence-corrected chi connectivity index (χ4v) is 1.64. The van der Waals surface area contributed by atoms with Crippen LogP contribution in [0.5, 0.6) is 5.75 Å². The van der Waals surface area contributed by atoms with Crippen molar-refractivity contribution < 1.29 is 9.84 Å². The number of rotatable bonds is 5. The molecule has 1 aromatic carbocycles. The third-order valence-electron chi connectivity index (χ3n) is 2.97. The number of likely N-dealkylation sites (N-methyl/N-ethyl adjacent to an activating group) is 1. The van der Waals surface area contributed by atoms with Gasteiger partial charge in [-0.15, -0.1) is 0 Å². The molecule has 92 valence electrons. The van der Waals surface area contributed by atoms with Crippen molar-refractivity contribution in [2.45, 2.75) is 18.9 Å². The van der Waals surface area contributed by atoms with E-state index in [1.807, 2.05) is 38.3 Å². The second kappa shape index (κ2) is 4.90. The van der Waals surface area contributed by atoms with Gasteiger partial charge in [0.2, 0.25) is 0 Å². The standard InChI is InChI=1S/C14H19NO2/c1-14(10-17-14)7-5-12-9-11(6-8-15-2)3-4-13(12)16/h3-5,7,9,15-16H,6,8,10H2,1-2H3. The summed E-state index contributed by atoms with van der Waals surface area (Å²) in [7, 11) is 1.94. The largest absolute Gasteiger partial charge is 0.507 e. The summed E-state index contributed by atoms with van der Waals surface area (Å²) in [6.07, 6.45) is 4.90. The van der Waals surface area contributed by atoms with Crippen LogP contribution in [0.1, 0.15) is 18.1 Å². The molecule has 1 saturated heterocycles. The van der Waals surface area contributed by atoms with E-state index in [9.17, 15) is 5.11 Å². The predicted molar refractivity (Wildman–Crippen MR) is 69.1 cm³/mol. The van der Waals surface area contributed by atoms with Gasteiger partial charge in [0.05, 0.1) is 6.61 Å². The maximum atomic E-state index is 9.77. The zero-order chi connectivity index (χ0) is 12.3. The molecule has 0 bridgehead atoms. The molecule has 3 nitrogen and oxygen atoms in total. The van der Waals surface area contributed by atoms with Gasteiger partial charge in [-0.25, -0.2) is 0 Å². The molecule has 2 rings (SSSR count). The zero-order valence-electron chi connectivity index (χ0n) is 10.4. The van der Waals surface area contributed by atoms with E-state index in [-0.39, 0.29) is 5.60 Å². The number of hydrogen-bond acceptors (Lipinski definition) is 3. The third kappa shape index (κ3) is 3.32. The number of phenolic OH excluding ortho intramolecular Hbond substituents is 1. The number of nitrogens with one attached hydrogen (secondary N) is 1. The maximum absolute atomic E-state index is 9.77. The highest BCUT2D eigenvalue weighted by Crippen LogP contribution is 2.29. The Morgan fingerprint density at radius 2 is 2.29 bits per heavy atom. The lowest BCUT2D eigenvalue weighted by Gasteiger charge is -2.05. The fourth-order valence-electron chi connectivity index (χ4n) is 1.64. The van der Waals surface area contributed by atoms with Crippen molar-refractivity contribution in [3.63, 3.8) is 0 Å². The smallest absolute Gasteiger partial charge is 0.122 e. The molecule has 1 heterocycles. The van der Waals surface area contributed by atoms with Crippen LogP contribution in [0, 0.1) is 0 Å². The molecular formula is C14H19NO2. The topological polar surface area (TPSA) is 44.8 Å². The van der Waals surface area contributed by atoms with Crippen LogP contribution < -0.4 is 5.32 Å². The summed E-state index contributed by atoms with van der Waals surface area (Å²) in [4.78, 5) is 0. The summed E-state index contributed by atoms with van der Waals surface area (Å²) < 4.78 is 5.27. The minimum atomic E-state index is -0.118. The molecular weight excluding hydrogens is 214 g/mol. The summed E-state index contributed by atoms with van der Waals surface area (Å²) in [5, 5.41) is 12.9. The molecule has 17 heavy (non-hydrogen) atoms. The molecule has 0 radical (unpaired) electrons. The Balaban J connectivity index is 2.11. The highest BCUT2D eigenvalue weighted by molar-refractivity contribution is 5.59. The van der Waals surface area contributed by atoms with Crippen molar-refractivity contribution in [1.29, 1.82) is 0 Å². The van der Waals surface area contributed by atoms with E-state index in [0.29, 0.717) is 5.75 Å². The second-order valence-corrected chi connectivity index (χ2v) is 4.68. The molecule has 0 spiro atoms. The Hall–Kier alpha value is -1.32. The second-order valence-electron chi connectivity index (χ2n) is 4.68. The monoisotopic (exact) mass is 233 g/mol. The van der Waals surface area contributed by atoms with Crippen LogP contribution in [0.25, 0.3) is 6.08 Å². The first-order chi connectivity index (χ1) is 8.13. The molecule has 1 fully saturated rings. The molecule has 0 aromatic heterocycles. The van der Waals surface area contributed by atoms with Gasteiger partial charge in [0, 0.05) is 5.56 Å². The zero-order valence-corrected chi connectivity index (χ0v) is 10.4. The van der Waals surface area contributed by atoms with Crippen molar-refractivity contribution in [3.8, 4) is 5.75 Å². The van der Waals surface area contributed by atoms with Gasteiger partial charge in [-0.3, -0.25) is 0 Å². The molecule has 1 atom stereocenters. The van der Waals surface area contributed by atoms with E-state index >= 15 is 0 Å². The first-order valence-electron chi connectivity index (χ1n) is 5.93. The predicted octanol–water partition coefficient (Wildman–Crippen LogP) is 1.96. The van der Waals surface area contributed by atoms with Gasteiger partial charge in [-0.1, -0.05) is 18.2 Å².